The molecule has 0 aromatic heterocycles. The van der Waals surface area contributed by atoms with Crippen molar-refractivity contribution >= 4 is 41.2 Å². The fraction of sp³-hybridized carbons (Fsp3) is 0.500. The number of halogens is 10. The molecule has 1 aliphatic rings. The van der Waals surface area contributed by atoms with E-state index < -0.39 is 73.9 Å². The van der Waals surface area contributed by atoms with E-state index in [9.17, 15) is 60.7 Å². The highest BCUT2D eigenvalue weighted by atomic mass is 32.2. The Hall–Kier alpha value is -2.66. The Labute approximate surface area is 253 Å². The van der Waals surface area contributed by atoms with Crippen LogP contribution in [0.15, 0.2) is 58.3 Å². The average molecular weight is 699 g/mol. The molecule has 0 saturated carbocycles. The second kappa shape index (κ2) is 12.5. The lowest BCUT2D eigenvalue weighted by atomic mass is 10.0. The van der Waals surface area contributed by atoms with E-state index in [-0.39, 0.29) is 0 Å². The van der Waals surface area contributed by atoms with Gasteiger partial charge in [0.1, 0.15) is 0 Å². The monoisotopic (exact) mass is 698 g/mol. The predicted octanol–water partition coefficient (Wildman–Crippen LogP) is 8.27. The second-order valence-electron chi connectivity index (χ2n) is 11.0. The van der Waals surface area contributed by atoms with Crippen molar-refractivity contribution in [2.45, 2.75) is 71.7 Å². The van der Waals surface area contributed by atoms with Gasteiger partial charge in [0.2, 0.25) is 0 Å². The summed E-state index contributed by atoms with van der Waals surface area (Å²) in [4.78, 5) is -3.59. The number of rotatable bonds is 8. The summed E-state index contributed by atoms with van der Waals surface area (Å²) < 4.78 is 185. The third kappa shape index (κ3) is 6.62. The fourth-order valence-electron chi connectivity index (χ4n) is 5.25. The summed E-state index contributed by atoms with van der Waals surface area (Å²) in [6, 6.07) is 5.36. The smallest absolute Gasteiger partial charge is 0.326 e. The van der Waals surface area contributed by atoms with Crippen molar-refractivity contribution in [3.8, 4) is 0 Å². The van der Waals surface area contributed by atoms with E-state index >= 15 is 0 Å². The molecule has 1 saturated heterocycles. The van der Waals surface area contributed by atoms with Crippen molar-refractivity contribution in [1.29, 1.82) is 0 Å². The number of alkyl halides is 10. The van der Waals surface area contributed by atoms with Gasteiger partial charge in [0.25, 0.3) is 19.7 Å². The largest absolute Gasteiger partial charge is 0.469 e. The maximum atomic E-state index is 14.0. The highest BCUT2D eigenvalue weighted by Gasteiger charge is 2.69. The third-order valence-electron chi connectivity index (χ3n) is 7.65. The molecule has 1 fully saturated rings. The summed E-state index contributed by atoms with van der Waals surface area (Å²) in [7, 11) is -11.1. The first-order valence-electron chi connectivity index (χ1n) is 13.6. The molecular weight excluding hydrogens is 668 g/mol. The van der Waals surface area contributed by atoms with Gasteiger partial charge < -0.3 is 4.48 Å². The first-order valence-corrected chi connectivity index (χ1v) is 16.6. The number of fused-ring (bicyclic) bond motifs is 2. The van der Waals surface area contributed by atoms with Crippen LogP contribution in [0.4, 0.5) is 43.9 Å². The van der Waals surface area contributed by atoms with Gasteiger partial charge in [-0.25, -0.2) is 16.8 Å². The molecule has 0 N–H and O–H groups in total. The SMILES string of the molecule is CCCCC[N+]1(C)CCCC1.O=S(=O)(c1c2ccccc2c(S(=O)(=O)C(F)(F)C(F)(F)F)c2ccccc12)C(F)(F)C(F)(F)F. The summed E-state index contributed by atoms with van der Waals surface area (Å²) in [6.07, 6.45) is -6.16. The average Bonchev–Trinajstić information content (AvgIpc) is 3.36. The third-order valence-corrected chi connectivity index (χ3v) is 11.4. The lowest BCUT2D eigenvalue weighted by molar-refractivity contribution is -0.897. The van der Waals surface area contributed by atoms with Crippen molar-refractivity contribution in [2.75, 3.05) is 26.7 Å². The van der Waals surface area contributed by atoms with Crippen molar-refractivity contribution in [3.63, 3.8) is 0 Å². The normalized spacial score (nSPS) is 16.5. The Morgan fingerprint density at radius 2 is 0.911 bits per heavy atom. The van der Waals surface area contributed by atoms with Gasteiger partial charge in [0.05, 0.1) is 36.5 Å². The lowest BCUT2D eigenvalue weighted by Gasteiger charge is -2.28. The van der Waals surface area contributed by atoms with Gasteiger partial charge in [0.15, 0.2) is 0 Å². The molecule has 5 nitrogen and oxygen atoms in total. The molecule has 1 aliphatic heterocycles. The molecule has 0 atom stereocenters. The van der Waals surface area contributed by atoms with Gasteiger partial charge >= 0.3 is 22.9 Å². The molecule has 0 bridgehead atoms. The van der Waals surface area contributed by atoms with Crippen LogP contribution in [-0.2, 0) is 19.7 Å². The number of sulfone groups is 2. The van der Waals surface area contributed by atoms with Crippen LogP contribution >= 0.6 is 0 Å². The van der Waals surface area contributed by atoms with Crippen LogP contribution in [-0.4, -0.2) is 70.9 Å². The maximum Gasteiger partial charge on any atom is 0.469 e. The topological polar surface area (TPSA) is 68.3 Å². The van der Waals surface area contributed by atoms with E-state index in [0.717, 1.165) is 24.3 Å². The van der Waals surface area contributed by atoms with Crippen molar-refractivity contribution in [2.24, 2.45) is 0 Å². The minimum Gasteiger partial charge on any atom is -0.326 e. The summed E-state index contributed by atoms with van der Waals surface area (Å²) >= 11 is 0. The molecule has 0 spiro atoms. The van der Waals surface area contributed by atoms with E-state index in [0.29, 0.717) is 24.3 Å². The Morgan fingerprint density at radius 1 is 0.600 bits per heavy atom. The minimum atomic E-state index is -6.74. The standard InChI is InChI=1S/C18H8F10O4S2.C10H22N/c19-15(20,21)17(25,26)33(29,30)13-9-5-1-2-6-10(9)14(12-8-4-3-7-11(12)13)34(31,32)18(27,28)16(22,23)24;1-3-4-5-8-11(2)9-6-7-10-11/h1-8H;3-10H2,1-2H3/q;+1. The molecule has 0 amide bonds. The zero-order valence-electron chi connectivity index (χ0n) is 24.0. The van der Waals surface area contributed by atoms with E-state index in [4.69, 9.17) is 0 Å². The Morgan fingerprint density at radius 3 is 1.18 bits per heavy atom. The molecule has 0 unspecified atom stereocenters. The Balaban J connectivity index is 0.000000423. The van der Waals surface area contributed by atoms with Crippen LogP contribution in [0.1, 0.15) is 39.0 Å². The molecule has 3 aromatic carbocycles. The first-order chi connectivity index (χ1) is 20.5. The lowest BCUT2D eigenvalue weighted by Crippen LogP contribution is -2.44. The van der Waals surface area contributed by atoms with Gasteiger partial charge in [-0.3, -0.25) is 0 Å². The fourth-order valence-corrected chi connectivity index (χ4v) is 8.25. The van der Waals surface area contributed by atoms with Gasteiger partial charge in [-0.1, -0.05) is 61.9 Å². The van der Waals surface area contributed by atoms with Crippen molar-refractivity contribution in [1.82, 2.24) is 0 Å². The summed E-state index contributed by atoms with van der Waals surface area (Å²) in [5.41, 5.74) is 0. The number of nitrogens with zero attached hydrogens (tertiary/aromatic N) is 1. The van der Waals surface area contributed by atoms with Gasteiger partial charge in [-0.15, -0.1) is 0 Å². The van der Waals surface area contributed by atoms with Crippen LogP contribution in [0, 0.1) is 0 Å². The van der Waals surface area contributed by atoms with E-state index in [1.54, 1.807) is 0 Å². The summed E-state index contributed by atoms with van der Waals surface area (Å²) in [6.45, 7) is 6.57. The number of unbranched alkanes of at least 4 members (excludes halogenated alkanes) is 2. The molecular formula is C28H30F10NO4S2+. The van der Waals surface area contributed by atoms with E-state index in [2.05, 4.69) is 14.0 Å². The van der Waals surface area contributed by atoms with Crippen LogP contribution in [0.3, 0.4) is 0 Å². The Kier molecular flexibility index (Phi) is 10.2. The van der Waals surface area contributed by atoms with Crippen molar-refractivity contribution in [3.05, 3.63) is 48.5 Å². The number of likely N-dealkylation sites (tertiary alicyclic amines) is 1. The maximum absolute atomic E-state index is 14.0. The number of benzene rings is 3. The summed E-state index contributed by atoms with van der Waals surface area (Å²) in [5, 5.41) is -17.8. The Bertz CT molecular complexity index is 1580. The molecule has 1 heterocycles. The highest BCUT2D eigenvalue weighted by Crippen LogP contribution is 2.51. The molecule has 45 heavy (non-hydrogen) atoms. The highest BCUT2D eigenvalue weighted by molar-refractivity contribution is 7.93. The number of hydrogen-bond acceptors (Lipinski definition) is 4. The van der Waals surface area contributed by atoms with Crippen LogP contribution < -0.4 is 0 Å². The van der Waals surface area contributed by atoms with Crippen molar-refractivity contribution < 1.29 is 65.2 Å². The van der Waals surface area contributed by atoms with Gasteiger partial charge in [0, 0.05) is 34.4 Å². The van der Waals surface area contributed by atoms with Gasteiger partial charge in [-0.05, 0) is 12.8 Å². The van der Waals surface area contributed by atoms with Crippen LogP contribution in [0.25, 0.3) is 21.5 Å². The van der Waals surface area contributed by atoms with E-state index in [1.807, 2.05) is 0 Å². The quantitative estimate of drug-likeness (QED) is 0.103. The predicted molar refractivity (Wildman–Crippen MR) is 147 cm³/mol. The van der Waals surface area contributed by atoms with Gasteiger partial charge in [-0.2, -0.15) is 43.9 Å². The molecule has 0 radical (unpaired) electrons. The number of quaternary nitrogens is 1. The molecule has 3 aromatic rings. The van der Waals surface area contributed by atoms with Crippen LogP contribution in [0.2, 0.25) is 0 Å². The first kappa shape index (κ1) is 36.8. The summed E-state index contributed by atoms with van der Waals surface area (Å²) in [5.74, 6) is 0. The molecule has 0 aliphatic carbocycles. The second-order valence-corrected chi connectivity index (χ2v) is 14.8. The van der Waals surface area contributed by atoms with E-state index in [1.165, 1.54) is 56.2 Å². The zero-order chi connectivity index (χ0) is 34.3. The van der Waals surface area contributed by atoms with Crippen LogP contribution in [0.5, 0.6) is 0 Å². The molecule has 17 heteroatoms. The zero-order valence-corrected chi connectivity index (χ0v) is 25.6. The minimum absolute atomic E-state index is 0.506. The molecule has 4 rings (SSSR count). The molecule has 252 valence electrons. The number of hydrogen-bond donors (Lipinski definition) is 0.